The second-order valence-corrected chi connectivity index (χ2v) is 5.23. The zero-order chi connectivity index (χ0) is 13.1. The lowest BCUT2D eigenvalue weighted by Gasteiger charge is -2.12. The van der Waals surface area contributed by atoms with E-state index in [1.54, 1.807) is 6.07 Å². The van der Waals surface area contributed by atoms with Crippen LogP contribution in [0.4, 0.5) is 4.39 Å². The van der Waals surface area contributed by atoms with Gasteiger partial charge in [0.1, 0.15) is 5.82 Å². The van der Waals surface area contributed by atoms with Crippen molar-refractivity contribution >= 4 is 29.9 Å². The van der Waals surface area contributed by atoms with Gasteiger partial charge in [-0.1, -0.05) is 11.6 Å². The highest BCUT2D eigenvalue weighted by atomic mass is 35.5. The summed E-state index contributed by atoms with van der Waals surface area (Å²) in [5.41, 5.74) is 6.36. The van der Waals surface area contributed by atoms with E-state index in [0.29, 0.717) is 10.6 Å². The third kappa shape index (κ3) is 4.97. The highest BCUT2D eigenvalue weighted by Crippen LogP contribution is 2.18. The summed E-state index contributed by atoms with van der Waals surface area (Å²) in [6.07, 6.45) is 2.81. The van der Waals surface area contributed by atoms with Crippen molar-refractivity contribution in [1.82, 2.24) is 5.32 Å². The molecule has 1 amide bonds. The van der Waals surface area contributed by atoms with Crippen LogP contribution in [0.15, 0.2) is 18.2 Å². The molecule has 0 spiro atoms. The van der Waals surface area contributed by atoms with Gasteiger partial charge in [0.25, 0.3) is 0 Å². The predicted molar refractivity (Wildman–Crippen MR) is 76.1 cm³/mol. The number of halogens is 3. The van der Waals surface area contributed by atoms with Crippen LogP contribution in [0.25, 0.3) is 0 Å². The molecule has 0 bridgehead atoms. The van der Waals surface area contributed by atoms with Gasteiger partial charge in [-0.15, -0.1) is 12.4 Å². The molecule has 3 N–H and O–H groups in total. The number of nitrogens with one attached hydrogen (secondary N) is 1. The second kappa shape index (κ2) is 7.08. The molecule has 2 atom stereocenters. The van der Waals surface area contributed by atoms with E-state index in [-0.39, 0.29) is 36.8 Å². The van der Waals surface area contributed by atoms with Crippen LogP contribution in [0, 0.1) is 5.82 Å². The van der Waals surface area contributed by atoms with Crippen molar-refractivity contribution in [2.45, 2.75) is 37.8 Å². The molecule has 1 aliphatic carbocycles. The van der Waals surface area contributed by atoms with Crippen molar-refractivity contribution in [2.75, 3.05) is 0 Å². The first-order valence-electron chi connectivity index (χ1n) is 6.03. The third-order valence-electron chi connectivity index (χ3n) is 3.13. The quantitative estimate of drug-likeness (QED) is 0.901. The van der Waals surface area contributed by atoms with Crippen LogP contribution < -0.4 is 11.1 Å². The number of benzene rings is 1. The van der Waals surface area contributed by atoms with E-state index in [1.807, 2.05) is 0 Å². The van der Waals surface area contributed by atoms with E-state index < -0.39 is 5.82 Å². The number of carbonyl (C=O) groups is 1. The Kier molecular flexibility index (Phi) is 6.04. The van der Waals surface area contributed by atoms with E-state index in [0.717, 1.165) is 19.3 Å². The molecule has 106 valence electrons. The first-order valence-corrected chi connectivity index (χ1v) is 6.40. The van der Waals surface area contributed by atoms with Crippen LogP contribution in [0.3, 0.4) is 0 Å². The summed E-state index contributed by atoms with van der Waals surface area (Å²) in [7, 11) is 0. The SMILES string of the molecule is Cl.N[C@H]1CC[C@H](NC(=O)Cc2cc(F)cc(Cl)c2)C1. The Morgan fingerprint density at radius 3 is 2.74 bits per heavy atom. The first-order chi connectivity index (χ1) is 8.52. The van der Waals surface area contributed by atoms with Gasteiger partial charge in [-0.25, -0.2) is 4.39 Å². The lowest BCUT2D eigenvalue weighted by atomic mass is 10.1. The van der Waals surface area contributed by atoms with E-state index >= 15 is 0 Å². The largest absolute Gasteiger partial charge is 0.353 e. The minimum Gasteiger partial charge on any atom is -0.353 e. The van der Waals surface area contributed by atoms with Gasteiger partial charge in [0.05, 0.1) is 6.42 Å². The Hall–Kier alpha value is -0.840. The molecule has 0 saturated heterocycles. The molecule has 1 aliphatic rings. The fourth-order valence-corrected chi connectivity index (χ4v) is 2.57. The first kappa shape index (κ1) is 16.2. The number of hydrogen-bond donors (Lipinski definition) is 2. The van der Waals surface area contributed by atoms with E-state index in [2.05, 4.69) is 5.32 Å². The molecule has 1 fully saturated rings. The lowest BCUT2D eigenvalue weighted by Crippen LogP contribution is -2.35. The standard InChI is InChI=1S/C13H16ClFN2O.ClH/c14-9-3-8(4-10(15)6-9)5-13(18)17-12-2-1-11(16)7-12;/h3-4,6,11-12H,1-2,5,7,16H2,(H,17,18);1H/t11-,12-;/m0./s1. The van der Waals surface area contributed by atoms with Crippen molar-refractivity contribution in [1.29, 1.82) is 0 Å². The topological polar surface area (TPSA) is 55.1 Å². The number of carbonyl (C=O) groups excluding carboxylic acids is 1. The molecule has 0 aliphatic heterocycles. The van der Waals surface area contributed by atoms with Crippen molar-refractivity contribution in [3.63, 3.8) is 0 Å². The third-order valence-corrected chi connectivity index (χ3v) is 3.34. The molecule has 0 heterocycles. The maximum Gasteiger partial charge on any atom is 0.224 e. The maximum atomic E-state index is 13.1. The lowest BCUT2D eigenvalue weighted by molar-refractivity contribution is -0.121. The van der Waals surface area contributed by atoms with Crippen LogP contribution in [0.2, 0.25) is 5.02 Å². The average Bonchev–Trinajstić information content (AvgIpc) is 2.61. The molecular weight excluding hydrogens is 290 g/mol. The summed E-state index contributed by atoms with van der Waals surface area (Å²) in [5.74, 6) is -0.538. The van der Waals surface area contributed by atoms with Crippen LogP contribution in [-0.4, -0.2) is 18.0 Å². The molecule has 3 nitrogen and oxygen atoms in total. The molecule has 19 heavy (non-hydrogen) atoms. The summed E-state index contributed by atoms with van der Waals surface area (Å²) >= 11 is 5.73. The summed E-state index contributed by atoms with van der Waals surface area (Å²) in [4.78, 5) is 11.8. The van der Waals surface area contributed by atoms with Crippen LogP contribution in [0.1, 0.15) is 24.8 Å². The van der Waals surface area contributed by atoms with Gasteiger partial charge < -0.3 is 11.1 Å². The fourth-order valence-electron chi connectivity index (χ4n) is 2.32. The van der Waals surface area contributed by atoms with Crippen molar-refractivity contribution in [3.8, 4) is 0 Å². The molecule has 6 heteroatoms. The van der Waals surface area contributed by atoms with Crippen molar-refractivity contribution in [3.05, 3.63) is 34.6 Å². The summed E-state index contributed by atoms with van der Waals surface area (Å²) in [6, 6.07) is 4.48. The number of amides is 1. The Balaban J connectivity index is 0.00000180. The molecule has 0 radical (unpaired) electrons. The Labute approximate surface area is 123 Å². The van der Waals surface area contributed by atoms with Crippen molar-refractivity contribution < 1.29 is 9.18 Å². The van der Waals surface area contributed by atoms with Gasteiger partial charge in [-0.3, -0.25) is 4.79 Å². The van der Waals surface area contributed by atoms with Gasteiger partial charge in [0, 0.05) is 17.1 Å². The van der Waals surface area contributed by atoms with Crippen LogP contribution in [0.5, 0.6) is 0 Å². The zero-order valence-corrected chi connectivity index (χ0v) is 11.9. The predicted octanol–water partition coefficient (Wildman–Crippen LogP) is 2.44. The molecule has 1 saturated carbocycles. The smallest absolute Gasteiger partial charge is 0.224 e. The van der Waals surface area contributed by atoms with Gasteiger partial charge in [0.15, 0.2) is 0 Å². The Morgan fingerprint density at radius 2 is 2.16 bits per heavy atom. The minimum absolute atomic E-state index is 0. The van der Waals surface area contributed by atoms with Crippen LogP contribution in [-0.2, 0) is 11.2 Å². The fraction of sp³-hybridized carbons (Fsp3) is 0.462. The summed E-state index contributed by atoms with van der Waals surface area (Å²) in [6.45, 7) is 0. The average molecular weight is 307 g/mol. The van der Waals surface area contributed by atoms with E-state index in [1.165, 1.54) is 12.1 Å². The minimum atomic E-state index is -0.423. The molecule has 2 rings (SSSR count). The molecule has 0 aromatic heterocycles. The maximum absolute atomic E-state index is 13.1. The van der Waals surface area contributed by atoms with Gasteiger partial charge >= 0.3 is 0 Å². The van der Waals surface area contributed by atoms with Gasteiger partial charge in [-0.2, -0.15) is 0 Å². The monoisotopic (exact) mass is 306 g/mol. The zero-order valence-electron chi connectivity index (χ0n) is 10.4. The molecular formula is C13H17Cl2FN2O. The molecule has 1 aromatic carbocycles. The van der Waals surface area contributed by atoms with Crippen molar-refractivity contribution in [2.24, 2.45) is 5.73 Å². The Bertz CT molecular complexity index is 436. The summed E-state index contributed by atoms with van der Waals surface area (Å²) in [5, 5.41) is 3.22. The normalized spacial score (nSPS) is 21.8. The number of hydrogen-bond acceptors (Lipinski definition) is 2. The molecule has 1 aromatic rings. The Morgan fingerprint density at radius 1 is 1.42 bits per heavy atom. The highest BCUT2D eigenvalue weighted by molar-refractivity contribution is 6.30. The van der Waals surface area contributed by atoms with E-state index in [9.17, 15) is 9.18 Å². The molecule has 0 unspecified atom stereocenters. The number of rotatable bonds is 3. The highest BCUT2D eigenvalue weighted by Gasteiger charge is 2.23. The summed E-state index contributed by atoms with van der Waals surface area (Å²) < 4.78 is 13.1. The number of nitrogens with two attached hydrogens (primary N) is 1. The van der Waals surface area contributed by atoms with Gasteiger partial charge in [0.2, 0.25) is 5.91 Å². The van der Waals surface area contributed by atoms with Gasteiger partial charge in [-0.05, 0) is 43.0 Å². The second-order valence-electron chi connectivity index (χ2n) is 4.79. The van der Waals surface area contributed by atoms with Crippen LogP contribution >= 0.6 is 24.0 Å². The van der Waals surface area contributed by atoms with E-state index in [4.69, 9.17) is 17.3 Å².